The van der Waals surface area contributed by atoms with Gasteiger partial charge >= 0.3 is 0 Å². The Bertz CT molecular complexity index is 555. The molecule has 1 saturated carbocycles. The van der Waals surface area contributed by atoms with Gasteiger partial charge in [0, 0.05) is 11.4 Å². The van der Waals surface area contributed by atoms with Crippen molar-refractivity contribution in [3.05, 3.63) is 36.4 Å². The van der Waals surface area contributed by atoms with Crippen LogP contribution in [0.4, 0.5) is 5.82 Å². The van der Waals surface area contributed by atoms with Crippen molar-refractivity contribution in [1.29, 1.82) is 0 Å². The van der Waals surface area contributed by atoms with Gasteiger partial charge in [-0.1, -0.05) is 37.5 Å². The van der Waals surface area contributed by atoms with Crippen molar-refractivity contribution in [2.75, 3.05) is 5.32 Å². The Kier molecular flexibility index (Phi) is 3.88. The van der Waals surface area contributed by atoms with E-state index in [0.29, 0.717) is 6.04 Å². The number of hydrogen-bond acceptors (Lipinski definition) is 2. The minimum atomic E-state index is 0.218. The van der Waals surface area contributed by atoms with Crippen LogP contribution in [0.2, 0.25) is 0 Å². The molecule has 19 heavy (non-hydrogen) atoms. The zero-order chi connectivity index (χ0) is 13.1. The lowest BCUT2D eigenvalue weighted by atomic mass is 10.1. The molecule has 1 aromatic heterocycles. The van der Waals surface area contributed by atoms with Gasteiger partial charge in [0.1, 0.15) is 5.82 Å². The number of aromatic nitrogens is 1. The third-order valence-corrected chi connectivity index (χ3v) is 4.39. The van der Waals surface area contributed by atoms with Crippen LogP contribution in [0.1, 0.15) is 32.1 Å². The van der Waals surface area contributed by atoms with Gasteiger partial charge in [-0.05, 0) is 31.0 Å². The van der Waals surface area contributed by atoms with Crippen LogP contribution in [0.25, 0.3) is 10.9 Å². The maximum Gasteiger partial charge on any atom is 0.126 e. The third-order valence-electron chi connectivity index (χ3n) is 3.86. The smallest absolute Gasteiger partial charge is 0.126 e. The Morgan fingerprint density at radius 2 is 1.84 bits per heavy atom. The predicted octanol–water partition coefficient (Wildman–Crippen LogP) is 4.59. The summed E-state index contributed by atoms with van der Waals surface area (Å²) in [6.07, 6.45) is 6.05. The first kappa shape index (κ1) is 12.7. The summed E-state index contributed by atoms with van der Waals surface area (Å²) < 4.78 is 0. The Hall–Kier alpha value is -1.28. The number of nitrogens with zero attached hydrogens (tertiary/aromatic N) is 1. The van der Waals surface area contributed by atoms with Crippen LogP contribution in [0.3, 0.4) is 0 Å². The Morgan fingerprint density at radius 1 is 1.00 bits per heavy atom. The maximum atomic E-state index is 6.46. The highest BCUT2D eigenvalue weighted by Crippen LogP contribution is 2.25. The second-order valence-electron chi connectivity index (χ2n) is 5.29. The fourth-order valence-corrected chi connectivity index (χ4v) is 3.10. The van der Waals surface area contributed by atoms with E-state index in [9.17, 15) is 0 Å². The highest BCUT2D eigenvalue weighted by atomic mass is 35.5. The van der Waals surface area contributed by atoms with E-state index in [1.54, 1.807) is 0 Å². The summed E-state index contributed by atoms with van der Waals surface area (Å²) in [5.74, 6) is 0.941. The van der Waals surface area contributed by atoms with E-state index < -0.39 is 0 Å². The SMILES string of the molecule is ClC1CCCCCC1Nc1ccc2ccccc2n1. The molecule has 2 nitrogen and oxygen atoms in total. The molecular weight excluding hydrogens is 256 g/mol. The topological polar surface area (TPSA) is 24.9 Å². The van der Waals surface area contributed by atoms with E-state index in [0.717, 1.165) is 24.2 Å². The molecule has 1 aliphatic rings. The monoisotopic (exact) mass is 274 g/mol. The number of alkyl halides is 1. The molecule has 100 valence electrons. The Balaban J connectivity index is 1.80. The lowest BCUT2D eigenvalue weighted by molar-refractivity contribution is 0.625. The van der Waals surface area contributed by atoms with Gasteiger partial charge in [0.2, 0.25) is 0 Å². The molecule has 0 aliphatic heterocycles. The number of rotatable bonds is 2. The van der Waals surface area contributed by atoms with Gasteiger partial charge in [0.15, 0.2) is 0 Å². The lowest BCUT2D eigenvalue weighted by Crippen LogP contribution is -2.29. The van der Waals surface area contributed by atoms with E-state index in [1.807, 2.05) is 18.2 Å². The third kappa shape index (κ3) is 3.01. The first-order valence-electron chi connectivity index (χ1n) is 7.09. The first-order valence-corrected chi connectivity index (χ1v) is 7.53. The molecule has 1 aromatic carbocycles. The molecule has 0 radical (unpaired) electrons. The summed E-state index contributed by atoms with van der Waals surface area (Å²) in [5, 5.41) is 4.92. The van der Waals surface area contributed by atoms with Crippen LogP contribution < -0.4 is 5.32 Å². The number of benzene rings is 1. The van der Waals surface area contributed by atoms with Crippen molar-refractivity contribution in [1.82, 2.24) is 4.98 Å². The normalized spacial score (nSPS) is 24.1. The van der Waals surface area contributed by atoms with Gasteiger partial charge in [0.25, 0.3) is 0 Å². The number of para-hydroxylation sites is 1. The van der Waals surface area contributed by atoms with E-state index in [1.165, 1.54) is 24.6 Å². The zero-order valence-corrected chi connectivity index (χ0v) is 11.7. The number of halogens is 1. The fraction of sp³-hybridized carbons (Fsp3) is 0.438. The van der Waals surface area contributed by atoms with Crippen molar-refractivity contribution in [2.45, 2.75) is 43.5 Å². The predicted molar refractivity (Wildman–Crippen MR) is 81.9 cm³/mol. The van der Waals surface area contributed by atoms with Crippen molar-refractivity contribution >= 4 is 28.3 Å². The average molecular weight is 275 g/mol. The van der Waals surface area contributed by atoms with E-state index >= 15 is 0 Å². The molecule has 0 saturated heterocycles. The van der Waals surface area contributed by atoms with Gasteiger partial charge in [-0.3, -0.25) is 0 Å². The van der Waals surface area contributed by atoms with E-state index in [2.05, 4.69) is 28.5 Å². The molecule has 0 spiro atoms. The van der Waals surface area contributed by atoms with Crippen molar-refractivity contribution in [3.8, 4) is 0 Å². The lowest BCUT2D eigenvalue weighted by Gasteiger charge is -2.21. The van der Waals surface area contributed by atoms with Gasteiger partial charge in [-0.2, -0.15) is 0 Å². The maximum absolute atomic E-state index is 6.46. The number of anilines is 1. The van der Waals surface area contributed by atoms with Gasteiger partial charge in [0.05, 0.1) is 10.9 Å². The van der Waals surface area contributed by atoms with Crippen LogP contribution in [0.5, 0.6) is 0 Å². The van der Waals surface area contributed by atoms with E-state index in [-0.39, 0.29) is 5.38 Å². The molecule has 1 N–H and O–H groups in total. The molecule has 3 heteroatoms. The van der Waals surface area contributed by atoms with Crippen LogP contribution >= 0.6 is 11.6 Å². The molecule has 2 aromatic rings. The fourth-order valence-electron chi connectivity index (χ4n) is 2.76. The van der Waals surface area contributed by atoms with Crippen LogP contribution in [-0.2, 0) is 0 Å². The average Bonchev–Trinajstić information content (AvgIpc) is 2.64. The number of fused-ring (bicyclic) bond motifs is 1. The van der Waals surface area contributed by atoms with Crippen LogP contribution in [-0.4, -0.2) is 16.4 Å². The summed E-state index contributed by atoms with van der Waals surface area (Å²) in [7, 11) is 0. The van der Waals surface area contributed by atoms with Crippen LogP contribution in [0.15, 0.2) is 36.4 Å². The standard InChI is InChI=1S/C16H19ClN2/c17-13-7-2-1-3-9-15(13)19-16-11-10-12-6-4-5-8-14(12)18-16/h4-6,8,10-11,13,15H,1-3,7,9H2,(H,18,19). The summed E-state index contributed by atoms with van der Waals surface area (Å²) >= 11 is 6.46. The highest BCUT2D eigenvalue weighted by Gasteiger charge is 2.21. The molecule has 2 unspecified atom stereocenters. The molecule has 0 amide bonds. The van der Waals surface area contributed by atoms with Crippen molar-refractivity contribution in [2.24, 2.45) is 0 Å². The summed E-state index contributed by atoms with van der Waals surface area (Å²) in [6, 6.07) is 12.7. The first-order chi connectivity index (χ1) is 9.33. The molecule has 3 rings (SSSR count). The van der Waals surface area contributed by atoms with Gasteiger partial charge in [-0.15, -0.1) is 11.6 Å². The van der Waals surface area contributed by atoms with Crippen molar-refractivity contribution in [3.63, 3.8) is 0 Å². The Labute approximate surface area is 119 Å². The summed E-state index contributed by atoms with van der Waals surface area (Å²) in [5.41, 5.74) is 1.03. The van der Waals surface area contributed by atoms with E-state index in [4.69, 9.17) is 11.6 Å². The van der Waals surface area contributed by atoms with Gasteiger partial charge < -0.3 is 5.32 Å². The summed E-state index contributed by atoms with van der Waals surface area (Å²) in [4.78, 5) is 4.66. The quantitative estimate of drug-likeness (QED) is 0.640. The minimum Gasteiger partial charge on any atom is -0.366 e. The number of hydrogen-bond donors (Lipinski definition) is 1. The minimum absolute atomic E-state index is 0.218. The number of nitrogens with one attached hydrogen (secondary N) is 1. The Morgan fingerprint density at radius 3 is 2.79 bits per heavy atom. The summed E-state index contributed by atoms with van der Waals surface area (Å²) in [6.45, 7) is 0. The molecular formula is C16H19ClN2. The number of pyridine rings is 1. The molecule has 1 fully saturated rings. The highest BCUT2D eigenvalue weighted by molar-refractivity contribution is 6.21. The second kappa shape index (κ2) is 5.79. The molecule has 0 bridgehead atoms. The molecule has 1 aliphatic carbocycles. The second-order valence-corrected chi connectivity index (χ2v) is 5.85. The van der Waals surface area contributed by atoms with Crippen LogP contribution in [0, 0.1) is 0 Å². The molecule has 1 heterocycles. The van der Waals surface area contributed by atoms with Crippen molar-refractivity contribution < 1.29 is 0 Å². The largest absolute Gasteiger partial charge is 0.366 e. The van der Waals surface area contributed by atoms with Gasteiger partial charge in [-0.25, -0.2) is 4.98 Å². The molecule has 2 atom stereocenters. The zero-order valence-electron chi connectivity index (χ0n) is 11.0.